The molecule has 4 heteroatoms. The topological polar surface area (TPSA) is 69.6 Å². The van der Waals surface area contributed by atoms with E-state index in [1.54, 1.807) is 6.08 Å². The van der Waals surface area contributed by atoms with Crippen LogP contribution in [-0.2, 0) is 4.79 Å². The lowest BCUT2D eigenvalue weighted by Crippen LogP contribution is -2.45. The van der Waals surface area contributed by atoms with Crippen LogP contribution in [0.5, 0.6) is 0 Å². The summed E-state index contributed by atoms with van der Waals surface area (Å²) in [6.07, 6.45) is 107. The zero-order valence-electron chi connectivity index (χ0n) is 54.3. The summed E-state index contributed by atoms with van der Waals surface area (Å²) >= 11 is 0. The maximum absolute atomic E-state index is 12.5. The van der Waals surface area contributed by atoms with Gasteiger partial charge in [0.25, 0.3) is 0 Å². The first-order chi connectivity index (χ1) is 40.2. The summed E-state index contributed by atoms with van der Waals surface area (Å²) in [6.45, 7) is 4.21. The average molecular weight is 1130 g/mol. The number of allylic oxidation sites excluding steroid dienone is 15. The second-order valence-electron chi connectivity index (χ2n) is 24.3. The Morgan fingerprint density at radius 2 is 0.556 bits per heavy atom. The monoisotopic (exact) mass is 1130 g/mol. The van der Waals surface area contributed by atoms with Crippen molar-refractivity contribution in [1.29, 1.82) is 0 Å². The third-order valence-corrected chi connectivity index (χ3v) is 16.3. The molecule has 0 aliphatic heterocycles. The highest BCUT2D eigenvalue weighted by Crippen LogP contribution is 2.18. The number of nitrogens with one attached hydrogen (secondary N) is 1. The lowest BCUT2D eigenvalue weighted by Gasteiger charge is -2.19. The molecule has 0 fully saturated rings. The highest BCUT2D eigenvalue weighted by atomic mass is 16.3. The van der Waals surface area contributed by atoms with E-state index >= 15 is 0 Å². The van der Waals surface area contributed by atoms with Crippen molar-refractivity contribution in [3.05, 3.63) is 97.2 Å². The predicted molar refractivity (Wildman–Crippen MR) is 363 cm³/mol. The third-order valence-electron chi connectivity index (χ3n) is 16.3. The Kier molecular flexibility index (Phi) is 69.2. The number of rotatable bonds is 66. The van der Waals surface area contributed by atoms with E-state index in [9.17, 15) is 15.0 Å². The predicted octanol–water partition coefficient (Wildman–Crippen LogP) is 24.8. The number of hydrogen-bond donors (Lipinski definition) is 3. The van der Waals surface area contributed by atoms with Gasteiger partial charge in [0.15, 0.2) is 0 Å². The fraction of sp³-hybridized carbons (Fsp3) is 0.779. The molecule has 2 unspecified atom stereocenters. The third kappa shape index (κ3) is 68.0. The summed E-state index contributed by atoms with van der Waals surface area (Å²) < 4.78 is 0. The van der Waals surface area contributed by atoms with Crippen molar-refractivity contribution in [2.45, 2.75) is 379 Å². The zero-order valence-corrected chi connectivity index (χ0v) is 54.3. The van der Waals surface area contributed by atoms with Crippen molar-refractivity contribution in [2.75, 3.05) is 6.61 Å². The van der Waals surface area contributed by atoms with E-state index in [1.165, 1.54) is 276 Å². The second kappa shape index (κ2) is 71.6. The van der Waals surface area contributed by atoms with Crippen molar-refractivity contribution in [3.63, 3.8) is 0 Å². The van der Waals surface area contributed by atoms with Crippen molar-refractivity contribution in [1.82, 2.24) is 5.32 Å². The van der Waals surface area contributed by atoms with Gasteiger partial charge < -0.3 is 15.5 Å². The number of aliphatic hydroxyl groups excluding tert-OH is 2. The van der Waals surface area contributed by atoms with E-state index in [4.69, 9.17) is 0 Å². The summed E-state index contributed by atoms with van der Waals surface area (Å²) in [6, 6.07) is -0.650. The molecule has 0 heterocycles. The van der Waals surface area contributed by atoms with E-state index in [0.29, 0.717) is 6.42 Å². The number of amides is 1. The van der Waals surface area contributed by atoms with Crippen molar-refractivity contribution < 1.29 is 15.0 Å². The minimum Gasteiger partial charge on any atom is -0.394 e. The van der Waals surface area contributed by atoms with Crippen LogP contribution in [0.4, 0.5) is 0 Å². The molecule has 0 aromatic rings. The van der Waals surface area contributed by atoms with Gasteiger partial charge in [-0.05, 0) is 89.9 Å². The normalized spacial score (nSPS) is 13.3. The van der Waals surface area contributed by atoms with Crippen LogP contribution < -0.4 is 5.32 Å². The van der Waals surface area contributed by atoms with Crippen molar-refractivity contribution in [3.8, 4) is 0 Å². The minimum atomic E-state index is -0.875. The van der Waals surface area contributed by atoms with Gasteiger partial charge >= 0.3 is 0 Å². The summed E-state index contributed by atoms with van der Waals surface area (Å²) in [5.41, 5.74) is 0. The number of carbonyl (C=O) groups excluding carboxylic acids is 1. The standard InChI is InChI=1S/C77H139NO3/c1-3-5-7-9-11-13-15-17-19-21-23-25-27-29-31-33-35-36-37-38-39-40-41-42-43-45-47-49-51-53-55-57-59-61-63-65-67-69-71-73-77(81)78-75(74-79)76(80)72-70-68-66-64-62-60-58-56-54-52-50-48-46-44-34-32-30-28-26-24-22-20-18-16-14-12-10-8-6-4-2/h5,7,11,13,17,19,23,25,29,31,54,56,62,64,70,72,75-76,79-80H,3-4,6,8-10,12,14-16,18,20-22,24,26-28,30,32-53,55,57-61,63,65-69,71,73-74H2,1-2H3,(H,78,81)/b7-5-,13-11-,19-17-,25-23-,31-29-,56-54+,64-62+,72-70+. The average Bonchev–Trinajstić information content (AvgIpc) is 3.47. The number of aliphatic hydroxyl groups is 2. The van der Waals surface area contributed by atoms with Gasteiger partial charge in [-0.15, -0.1) is 0 Å². The van der Waals surface area contributed by atoms with Crippen LogP contribution in [-0.4, -0.2) is 34.9 Å². The molecule has 0 bridgehead atoms. The van der Waals surface area contributed by atoms with Gasteiger partial charge in [0, 0.05) is 6.42 Å². The molecule has 0 spiro atoms. The highest BCUT2D eigenvalue weighted by molar-refractivity contribution is 5.76. The Bertz CT molecular complexity index is 1470. The van der Waals surface area contributed by atoms with Gasteiger partial charge in [0.1, 0.15) is 0 Å². The van der Waals surface area contributed by atoms with Gasteiger partial charge in [0.2, 0.25) is 5.91 Å². The molecule has 3 N–H and O–H groups in total. The Hall–Kier alpha value is -2.69. The Morgan fingerprint density at radius 1 is 0.309 bits per heavy atom. The maximum atomic E-state index is 12.5. The first-order valence-corrected chi connectivity index (χ1v) is 36.0. The Morgan fingerprint density at radius 3 is 0.864 bits per heavy atom. The van der Waals surface area contributed by atoms with Gasteiger partial charge in [-0.25, -0.2) is 0 Å². The van der Waals surface area contributed by atoms with E-state index in [2.05, 4.69) is 104 Å². The maximum Gasteiger partial charge on any atom is 0.220 e. The summed E-state index contributed by atoms with van der Waals surface area (Å²) in [7, 11) is 0. The van der Waals surface area contributed by atoms with Crippen LogP contribution in [0.2, 0.25) is 0 Å². The fourth-order valence-electron chi connectivity index (χ4n) is 10.9. The molecule has 0 aliphatic rings. The Labute approximate surface area is 506 Å². The number of carbonyl (C=O) groups is 1. The largest absolute Gasteiger partial charge is 0.394 e. The van der Waals surface area contributed by atoms with Crippen molar-refractivity contribution in [2.24, 2.45) is 0 Å². The second-order valence-corrected chi connectivity index (χ2v) is 24.3. The fourth-order valence-corrected chi connectivity index (χ4v) is 10.9. The SMILES string of the molecule is CC/C=C\C/C=C\C/C=C\C/C=C\C/C=C\CCCCCCCCCCCCCCCCCCCCCCCCCC(=O)NC(CO)C(O)/C=C/CC/C=C/CC/C=C/CCCCCCCCCCCCCCCCCCCCCC. The van der Waals surface area contributed by atoms with Gasteiger partial charge in [-0.3, -0.25) is 4.79 Å². The minimum absolute atomic E-state index is 0.0734. The molecule has 0 radical (unpaired) electrons. The van der Waals surface area contributed by atoms with E-state index < -0.39 is 12.1 Å². The van der Waals surface area contributed by atoms with E-state index in [1.807, 2.05) is 6.08 Å². The first kappa shape index (κ1) is 78.3. The molecule has 0 aromatic carbocycles. The van der Waals surface area contributed by atoms with Crippen LogP contribution >= 0.6 is 0 Å². The molecule has 0 rings (SSSR count). The van der Waals surface area contributed by atoms with Crippen LogP contribution in [0.25, 0.3) is 0 Å². The Balaban J connectivity index is 3.48. The molecular weight excluding hydrogens is 987 g/mol. The van der Waals surface area contributed by atoms with Gasteiger partial charge in [-0.1, -0.05) is 368 Å². The lowest BCUT2D eigenvalue weighted by atomic mass is 10.0. The summed E-state index contributed by atoms with van der Waals surface area (Å²) in [4.78, 5) is 12.5. The lowest BCUT2D eigenvalue weighted by molar-refractivity contribution is -0.123. The zero-order chi connectivity index (χ0) is 58.4. The van der Waals surface area contributed by atoms with Crippen LogP contribution in [0.1, 0.15) is 367 Å². The summed E-state index contributed by atoms with van der Waals surface area (Å²) in [5.74, 6) is -0.0734. The van der Waals surface area contributed by atoms with Gasteiger partial charge in [-0.2, -0.15) is 0 Å². The first-order valence-electron chi connectivity index (χ1n) is 36.0. The van der Waals surface area contributed by atoms with Crippen LogP contribution in [0.3, 0.4) is 0 Å². The molecular formula is C77H139NO3. The van der Waals surface area contributed by atoms with E-state index in [-0.39, 0.29) is 12.5 Å². The highest BCUT2D eigenvalue weighted by Gasteiger charge is 2.18. The van der Waals surface area contributed by atoms with Gasteiger partial charge in [0.05, 0.1) is 18.8 Å². The molecule has 0 saturated heterocycles. The smallest absolute Gasteiger partial charge is 0.220 e. The molecule has 2 atom stereocenters. The number of unbranched alkanes of at least 4 members (excludes halogenated alkanes) is 45. The molecule has 0 aliphatic carbocycles. The number of hydrogen-bond acceptors (Lipinski definition) is 3. The molecule has 0 aromatic heterocycles. The molecule has 81 heavy (non-hydrogen) atoms. The molecule has 470 valence electrons. The molecule has 4 nitrogen and oxygen atoms in total. The molecule has 1 amide bonds. The van der Waals surface area contributed by atoms with Crippen LogP contribution in [0.15, 0.2) is 97.2 Å². The summed E-state index contributed by atoms with van der Waals surface area (Å²) in [5, 5.41) is 23.3. The van der Waals surface area contributed by atoms with Crippen LogP contribution in [0, 0.1) is 0 Å². The van der Waals surface area contributed by atoms with Crippen molar-refractivity contribution >= 4 is 5.91 Å². The quantitative estimate of drug-likeness (QED) is 0.0420. The van der Waals surface area contributed by atoms with E-state index in [0.717, 1.165) is 70.6 Å². The molecule has 0 saturated carbocycles.